The number of benzene rings is 3. The van der Waals surface area contributed by atoms with Crippen LogP contribution in [0.2, 0.25) is 0 Å². The van der Waals surface area contributed by atoms with E-state index < -0.39 is 24.3 Å². The number of ether oxygens (including phenoxy) is 1. The number of nitrogens with one attached hydrogen (secondary N) is 1. The van der Waals surface area contributed by atoms with Gasteiger partial charge in [0.15, 0.2) is 6.61 Å². The van der Waals surface area contributed by atoms with Gasteiger partial charge in [0.2, 0.25) is 0 Å². The van der Waals surface area contributed by atoms with Crippen molar-refractivity contribution in [2.24, 2.45) is 0 Å². The molecule has 0 unspecified atom stereocenters. The van der Waals surface area contributed by atoms with Crippen molar-refractivity contribution in [2.75, 3.05) is 6.61 Å². The average Bonchev–Trinajstić information content (AvgIpc) is 2.76. The Morgan fingerprint density at radius 2 is 1.59 bits per heavy atom. The summed E-state index contributed by atoms with van der Waals surface area (Å²) in [6, 6.07) is 21.8. The third-order valence-corrected chi connectivity index (χ3v) is 4.25. The first-order chi connectivity index (χ1) is 14.1. The molecule has 1 N–H and O–H groups in total. The number of hydrogen-bond acceptors (Lipinski definition) is 4. The van der Waals surface area contributed by atoms with Crippen LogP contribution in [0.5, 0.6) is 0 Å². The quantitative estimate of drug-likeness (QED) is 0.651. The van der Waals surface area contributed by atoms with Gasteiger partial charge in [-0.05, 0) is 23.8 Å². The van der Waals surface area contributed by atoms with E-state index in [1.54, 1.807) is 66.7 Å². The Hall–Kier alpha value is -3.98. The maximum absolute atomic E-state index is 13.6. The van der Waals surface area contributed by atoms with Crippen LogP contribution >= 0.6 is 0 Å². The van der Waals surface area contributed by atoms with Gasteiger partial charge in [-0.3, -0.25) is 4.79 Å². The van der Waals surface area contributed by atoms with Gasteiger partial charge < -0.3 is 10.1 Å². The van der Waals surface area contributed by atoms with Crippen LogP contribution < -0.4 is 5.32 Å². The fourth-order valence-corrected chi connectivity index (χ4v) is 2.81. The second-order valence-corrected chi connectivity index (χ2v) is 6.15. The number of halogens is 1. The molecule has 3 rings (SSSR count). The maximum Gasteiger partial charge on any atom is 0.339 e. The van der Waals surface area contributed by atoms with Crippen molar-refractivity contribution in [3.63, 3.8) is 0 Å². The van der Waals surface area contributed by atoms with Crippen molar-refractivity contribution in [1.82, 2.24) is 5.32 Å². The zero-order valence-corrected chi connectivity index (χ0v) is 15.4. The minimum Gasteiger partial charge on any atom is -0.452 e. The molecule has 0 aliphatic carbocycles. The van der Waals surface area contributed by atoms with E-state index in [0.717, 1.165) is 0 Å². The Balaban J connectivity index is 1.67. The van der Waals surface area contributed by atoms with E-state index >= 15 is 0 Å². The zero-order chi connectivity index (χ0) is 20.6. The molecule has 6 heteroatoms. The third-order valence-electron chi connectivity index (χ3n) is 4.25. The summed E-state index contributed by atoms with van der Waals surface area (Å²) in [6.45, 7) is -0.503. The molecule has 0 heterocycles. The Labute approximate surface area is 167 Å². The molecule has 3 aromatic rings. The highest BCUT2D eigenvalue weighted by atomic mass is 19.1. The lowest BCUT2D eigenvalue weighted by molar-refractivity contribution is -0.124. The highest BCUT2D eigenvalue weighted by Crippen LogP contribution is 2.27. The molecule has 0 bridgehead atoms. The molecule has 0 radical (unpaired) electrons. The summed E-state index contributed by atoms with van der Waals surface area (Å²) in [6.07, 6.45) is 0. The predicted octanol–water partition coefficient (Wildman–Crippen LogP) is 3.84. The van der Waals surface area contributed by atoms with Gasteiger partial charge in [-0.2, -0.15) is 5.26 Å². The van der Waals surface area contributed by atoms with E-state index in [0.29, 0.717) is 22.3 Å². The van der Waals surface area contributed by atoms with Crippen molar-refractivity contribution < 1.29 is 18.7 Å². The summed E-state index contributed by atoms with van der Waals surface area (Å²) in [7, 11) is 0. The lowest BCUT2D eigenvalue weighted by Crippen LogP contribution is -2.28. The monoisotopic (exact) mass is 388 g/mol. The molecule has 0 aromatic heterocycles. The SMILES string of the molecule is N#Cc1ccccc1-c1ccccc1C(=O)OCC(=O)NCc1ccccc1F. The van der Waals surface area contributed by atoms with Gasteiger partial charge in [-0.15, -0.1) is 0 Å². The molecule has 3 aromatic carbocycles. The molecule has 0 fully saturated rings. The summed E-state index contributed by atoms with van der Waals surface area (Å²) >= 11 is 0. The highest BCUT2D eigenvalue weighted by Gasteiger charge is 2.17. The lowest BCUT2D eigenvalue weighted by Gasteiger charge is -2.11. The van der Waals surface area contributed by atoms with E-state index in [4.69, 9.17) is 4.74 Å². The number of nitriles is 1. The first-order valence-corrected chi connectivity index (χ1v) is 8.86. The van der Waals surface area contributed by atoms with Crippen molar-refractivity contribution >= 4 is 11.9 Å². The molecule has 0 saturated carbocycles. The number of amides is 1. The Bertz CT molecular complexity index is 1090. The van der Waals surface area contributed by atoms with E-state index in [1.165, 1.54) is 6.07 Å². The number of esters is 1. The number of carbonyl (C=O) groups excluding carboxylic acids is 2. The lowest BCUT2D eigenvalue weighted by atomic mass is 9.96. The molecule has 29 heavy (non-hydrogen) atoms. The van der Waals surface area contributed by atoms with Crippen molar-refractivity contribution in [3.8, 4) is 17.2 Å². The fourth-order valence-electron chi connectivity index (χ4n) is 2.81. The summed E-state index contributed by atoms with van der Waals surface area (Å²) in [5, 5.41) is 11.8. The van der Waals surface area contributed by atoms with E-state index in [9.17, 15) is 19.2 Å². The molecule has 1 amide bonds. The summed E-state index contributed by atoms with van der Waals surface area (Å²) in [5.41, 5.74) is 2.16. The molecular formula is C23H17FN2O3. The van der Waals surface area contributed by atoms with Gasteiger partial charge >= 0.3 is 5.97 Å². The molecule has 0 aliphatic rings. The van der Waals surface area contributed by atoms with Crippen molar-refractivity contribution in [3.05, 3.63) is 95.3 Å². The minimum atomic E-state index is -0.686. The normalized spacial score (nSPS) is 10.1. The smallest absolute Gasteiger partial charge is 0.339 e. The Morgan fingerprint density at radius 3 is 2.34 bits per heavy atom. The second-order valence-electron chi connectivity index (χ2n) is 6.15. The van der Waals surface area contributed by atoms with Crippen LogP contribution in [-0.2, 0) is 16.1 Å². The van der Waals surface area contributed by atoms with E-state index in [2.05, 4.69) is 11.4 Å². The number of rotatable bonds is 6. The van der Waals surface area contributed by atoms with Crippen LogP contribution in [0.15, 0.2) is 72.8 Å². The average molecular weight is 388 g/mol. The van der Waals surface area contributed by atoms with E-state index in [1.807, 2.05) is 0 Å². The Morgan fingerprint density at radius 1 is 0.931 bits per heavy atom. The van der Waals surface area contributed by atoms with Crippen molar-refractivity contribution in [1.29, 1.82) is 5.26 Å². The van der Waals surface area contributed by atoms with Crippen LogP contribution in [0.1, 0.15) is 21.5 Å². The topological polar surface area (TPSA) is 79.2 Å². The molecule has 144 valence electrons. The molecular weight excluding hydrogens is 371 g/mol. The molecule has 0 saturated heterocycles. The maximum atomic E-state index is 13.6. The largest absolute Gasteiger partial charge is 0.452 e. The Kier molecular flexibility index (Phi) is 6.33. The zero-order valence-electron chi connectivity index (χ0n) is 15.4. The van der Waals surface area contributed by atoms with E-state index in [-0.39, 0.29) is 12.1 Å². The second kappa shape index (κ2) is 9.29. The van der Waals surface area contributed by atoms with Crippen LogP contribution in [0.25, 0.3) is 11.1 Å². The van der Waals surface area contributed by atoms with Crippen LogP contribution in [-0.4, -0.2) is 18.5 Å². The van der Waals surface area contributed by atoms with Crippen LogP contribution in [0, 0.1) is 17.1 Å². The summed E-state index contributed by atoms with van der Waals surface area (Å²) in [4.78, 5) is 24.5. The summed E-state index contributed by atoms with van der Waals surface area (Å²) < 4.78 is 18.7. The first kappa shape index (κ1) is 19.8. The highest BCUT2D eigenvalue weighted by molar-refractivity contribution is 5.98. The van der Waals surface area contributed by atoms with Gasteiger partial charge in [0.1, 0.15) is 5.82 Å². The summed E-state index contributed by atoms with van der Waals surface area (Å²) in [5.74, 6) is -1.65. The minimum absolute atomic E-state index is 0.00477. The molecule has 0 spiro atoms. The predicted molar refractivity (Wildman–Crippen MR) is 105 cm³/mol. The number of hydrogen-bond donors (Lipinski definition) is 1. The van der Waals surface area contributed by atoms with Gasteiger partial charge in [0.25, 0.3) is 5.91 Å². The third kappa shape index (κ3) is 4.85. The standard InChI is InChI=1S/C23H17FN2O3/c24-21-12-6-2-8-17(21)14-26-22(27)15-29-23(28)20-11-5-4-10-19(20)18-9-3-1-7-16(18)13-25/h1-12H,14-15H2,(H,26,27). The fraction of sp³-hybridized carbons (Fsp3) is 0.0870. The van der Waals surface area contributed by atoms with Crippen LogP contribution in [0.4, 0.5) is 4.39 Å². The first-order valence-electron chi connectivity index (χ1n) is 8.86. The number of carbonyl (C=O) groups is 2. The van der Waals surface area contributed by atoms with Gasteiger partial charge in [-0.25, -0.2) is 9.18 Å². The molecule has 0 aliphatic heterocycles. The van der Waals surface area contributed by atoms with Gasteiger partial charge in [-0.1, -0.05) is 54.6 Å². The molecule has 0 atom stereocenters. The van der Waals surface area contributed by atoms with Gasteiger partial charge in [0.05, 0.1) is 17.2 Å². The number of nitrogens with zero attached hydrogens (tertiary/aromatic N) is 1. The molecule has 5 nitrogen and oxygen atoms in total. The van der Waals surface area contributed by atoms with Crippen molar-refractivity contribution in [2.45, 2.75) is 6.54 Å². The van der Waals surface area contributed by atoms with Crippen LogP contribution in [0.3, 0.4) is 0 Å². The van der Waals surface area contributed by atoms with Gasteiger partial charge in [0, 0.05) is 17.7 Å².